The first kappa shape index (κ1) is 20.4. The van der Waals surface area contributed by atoms with Gasteiger partial charge in [0.25, 0.3) is 10.1 Å². The van der Waals surface area contributed by atoms with E-state index in [9.17, 15) is 22.9 Å². The van der Waals surface area contributed by atoms with E-state index in [1.165, 1.54) is 36.4 Å². The average Bonchev–Trinajstić information content (AvgIpc) is 2.58. The van der Waals surface area contributed by atoms with Crippen molar-refractivity contribution in [1.82, 2.24) is 0 Å². The van der Waals surface area contributed by atoms with Crippen LogP contribution in [0, 0.1) is 0 Å². The van der Waals surface area contributed by atoms with E-state index in [0.29, 0.717) is 22.3 Å². The molecule has 1 aliphatic carbocycles. The molecule has 0 radical (unpaired) electrons. The summed E-state index contributed by atoms with van der Waals surface area (Å²) in [4.78, 5) is 11.2. The van der Waals surface area contributed by atoms with Gasteiger partial charge in [-0.05, 0) is 47.1 Å². The van der Waals surface area contributed by atoms with Gasteiger partial charge in [-0.25, -0.2) is 0 Å². The normalized spacial score (nSPS) is 13.4. The molecule has 3 rings (SSSR count). The van der Waals surface area contributed by atoms with E-state index < -0.39 is 10.1 Å². The van der Waals surface area contributed by atoms with Gasteiger partial charge in [-0.3, -0.25) is 9.35 Å². The van der Waals surface area contributed by atoms with Crippen LogP contribution in [0.5, 0.6) is 5.75 Å². The van der Waals surface area contributed by atoms with Crippen LogP contribution in [0.2, 0.25) is 0 Å². The number of ketones is 1. The quantitative estimate of drug-likeness (QED) is 0.632. The van der Waals surface area contributed by atoms with Gasteiger partial charge in [0, 0.05) is 5.56 Å². The van der Waals surface area contributed by atoms with Crippen molar-refractivity contribution >= 4 is 51.0 Å². The summed E-state index contributed by atoms with van der Waals surface area (Å²) in [7, 11) is -4.44. The first-order valence-corrected chi connectivity index (χ1v) is 8.81. The van der Waals surface area contributed by atoms with Gasteiger partial charge < -0.3 is 5.11 Å². The molecule has 1 aliphatic rings. The molecular formula is C19H15NaO5S. The zero-order valence-electron chi connectivity index (χ0n) is 13.0. The van der Waals surface area contributed by atoms with Crippen LogP contribution in [0.15, 0.2) is 83.3 Å². The Kier molecular flexibility index (Phi) is 6.39. The van der Waals surface area contributed by atoms with Crippen LogP contribution >= 0.6 is 0 Å². The molecule has 0 atom stereocenters. The Morgan fingerprint density at radius 2 is 1.42 bits per heavy atom. The third-order valence-electron chi connectivity index (χ3n) is 3.73. The standard InChI is InChI=1S/C19H14O5S.Na.H/c20-15-9-5-13(6-10-15)19(14-7-11-16(21)12-8-14)17-3-1-2-4-18(17)25(22,23)24;;/h1-12,20H,(H,22,23,24);;. The summed E-state index contributed by atoms with van der Waals surface area (Å²) in [6, 6.07) is 12.3. The van der Waals surface area contributed by atoms with E-state index in [1.54, 1.807) is 36.4 Å². The van der Waals surface area contributed by atoms with Crippen molar-refractivity contribution in [3.63, 3.8) is 0 Å². The Bertz CT molecular complexity index is 1010. The van der Waals surface area contributed by atoms with E-state index in [0.717, 1.165) is 0 Å². The van der Waals surface area contributed by atoms with Gasteiger partial charge in [-0.1, -0.05) is 42.5 Å². The van der Waals surface area contributed by atoms with Crippen molar-refractivity contribution in [2.45, 2.75) is 4.90 Å². The summed E-state index contributed by atoms with van der Waals surface area (Å²) >= 11 is 0. The number of allylic oxidation sites excluding steroid dienone is 5. The zero-order chi connectivity index (χ0) is 18.0. The van der Waals surface area contributed by atoms with Crippen LogP contribution in [0.4, 0.5) is 0 Å². The molecule has 0 bridgehead atoms. The summed E-state index contributed by atoms with van der Waals surface area (Å²) < 4.78 is 33.1. The Balaban J connectivity index is 0.00000243. The van der Waals surface area contributed by atoms with E-state index in [-0.39, 0.29) is 46.0 Å². The second kappa shape index (κ2) is 8.16. The van der Waals surface area contributed by atoms with Crippen molar-refractivity contribution in [3.05, 3.63) is 89.5 Å². The number of carbonyl (C=O) groups is 1. The monoisotopic (exact) mass is 378 g/mol. The molecular weight excluding hydrogens is 363 g/mol. The van der Waals surface area contributed by atoms with Gasteiger partial charge in [-0.15, -0.1) is 0 Å². The molecule has 2 aromatic rings. The Hall–Kier alpha value is -1.96. The van der Waals surface area contributed by atoms with Crippen LogP contribution < -0.4 is 0 Å². The van der Waals surface area contributed by atoms with Crippen molar-refractivity contribution in [1.29, 1.82) is 0 Å². The molecule has 0 saturated heterocycles. The molecule has 0 unspecified atom stereocenters. The third kappa shape index (κ3) is 4.41. The number of rotatable bonds is 3. The first-order chi connectivity index (χ1) is 11.9. The van der Waals surface area contributed by atoms with Crippen molar-refractivity contribution in [2.24, 2.45) is 0 Å². The molecule has 5 nitrogen and oxygen atoms in total. The van der Waals surface area contributed by atoms with Crippen LogP contribution in [0.25, 0.3) is 5.57 Å². The van der Waals surface area contributed by atoms with Gasteiger partial charge in [-0.2, -0.15) is 8.42 Å². The van der Waals surface area contributed by atoms with Crippen LogP contribution in [0.3, 0.4) is 0 Å². The van der Waals surface area contributed by atoms with E-state index >= 15 is 0 Å². The first-order valence-electron chi connectivity index (χ1n) is 7.37. The minimum absolute atomic E-state index is 0. The second-order valence-corrected chi connectivity index (χ2v) is 6.81. The molecule has 0 heterocycles. The summed E-state index contributed by atoms with van der Waals surface area (Å²) in [5.74, 6) is -0.0991. The predicted octanol–water partition coefficient (Wildman–Crippen LogP) is 2.49. The van der Waals surface area contributed by atoms with Crippen molar-refractivity contribution in [3.8, 4) is 5.75 Å². The Morgan fingerprint density at radius 1 is 0.846 bits per heavy atom. The van der Waals surface area contributed by atoms with Crippen LogP contribution in [0.1, 0.15) is 11.1 Å². The maximum atomic E-state index is 11.8. The van der Waals surface area contributed by atoms with Gasteiger partial charge in [0.15, 0.2) is 5.78 Å². The van der Waals surface area contributed by atoms with Gasteiger partial charge in [0.05, 0.1) is 0 Å². The minimum atomic E-state index is -4.44. The number of hydrogen-bond acceptors (Lipinski definition) is 4. The number of aromatic hydroxyl groups is 1. The summed E-state index contributed by atoms with van der Waals surface area (Å²) in [5, 5.41) is 9.51. The summed E-state index contributed by atoms with van der Waals surface area (Å²) in [5.41, 5.74) is 2.07. The number of phenols is 1. The fraction of sp³-hybridized carbons (Fsp3) is 0. The number of phenolic OH excluding ortho intramolecular Hbond substituents is 1. The maximum absolute atomic E-state index is 11.8. The second-order valence-electron chi connectivity index (χ2n) is 5.42. The predicted molar refractivity (Wildman–Crippen MR) is 101 cm³/mol. The number of carbonyl (C=O) groups excluding carboxylic acids is 1. The van der Waals surface area contributed by atoms with E-state index in [4.69, 9.17) is 0 Å². The molecule has 0 fully saturated rings. The van der Waals surface area contributed by atoms with Crippen LogP contribution in [-0.2, 0) is 14.9 Å². The zero-order valence-corrected chi connectivity index (χ0v) is 13.8. The van der Waals surface area contributed by atoms with E-state index in [1.807, 2.05) is 0 Å². The van der Waals surface area contributed by atoms with Gasteiger partial charge in [0.2, 0.25) is 0 Å². The topological polar surface area (TPSA) is 91.7 Å². The molecule has 0 aliphatic heterocycles. The van der Waals surface area contributed by atoms with Gasteiger partial charge in [0.1, 0.15) is 10.6 Å². The number of benzene rings is 2. The average molecular weight is 378 g/mol. The molecule has 7 heteroatoms. The molecule has 26 heavy (non-hydrogen) atoms. The van der Waals surface area contributed by atoms with Gasteiger partial charge >= 0.3 is 29.6 Å². The SMILES string of the molecule is O=C1C=CC(=C(c2ccc(O)cc2)c2ccccc2S(=O)(=O)O)C=C1.[NaH]. The molecule has 0 aromatic heterocycles. The number of hydrogen-bond donors (Lipinski definition) is 2. The van der Waals surface area contributed by atoms with E-state index in [2.05, 4.69) is 0 Å². The molecule has 0 amide bonds. The fourth-order valence-corrected chi connectivity index (χ4v) is 3.32. The van der Waals surface area contributed by atoms with Crippen molar-refractivity contribution in [2.75, 3.05) is 0 Å². The molecule has 2 N–H and O–H groups in total. The molecule has 128 valence electrons. The Morgan fingerprint density at radius 3 is 2.00 bits per heavy atom. The fourth-order valence-electron chi connectivity index (χ4n) is 2.63. The van der Waals surface area contributed by atoms with Crippen LogP contribution in [-0.4, -0.2) is 53.4 Å². The Labute approximate surface area is 173 Å². The molecule has 0 saturated carbocycles. The molecule has 0 spiro atoms. The summed E-state index contributed by atoms with van der Waals surface area (Å²) in [6.07, 6.45) is 5.94. The molecule has 2 aromatic carbocycles. The van der Waals surface area contributed by atoms with Crippen molar-refractivity contribution < 1.29 is 22.9 Å². The summed E-state index contributed by atoms with van der Waals surface area (Å²) in [6.45, 7) is 0. The third-order valence-corrected chi connectivity index (χ3v) is 4.65.